The van der Waals surface area contributed by atoms with Crippen LogP contribution >= 0.6 is 0 Å². The van der Waals surface area contributed by atoms with Crippen molar-refractivity contribution in [1.29, 1.82) is 0 Å². The van der Waals surface area contributed by atoms with Gasteiger partial charge >= 0.3 is 18.9 Å². The molecule has 2 heteroatoms. The fourth-order valence-electron chi connectivity index (χ4n) is 0.252. The van der Waals surface area contributed by atoms with Crippen LogP contribution < -0.4 is 18.9 Å². The summed E-state index contributed by atoms with van der Waals surface area (Å²) >= 11 is 0. The van der Waals surface area contributed by atoms with Gasteiger partial charge in [0.05, 0.1) is 6.61 Å². The summed E-state index contributed by atoms with van der Waals surface area (Å²) in [7, 11) is 0. The van der Waals surface area contributed by atoms with E-state index in [9.17, 15) is 0 Å². The summed E-state index contributed by atoms with van der Waals surface area (Å²) in [5, 5.41) is 0. The largest absolute Gasteiger partial charge is 1.00 e. The molecule has 0 N–H and O–H groups in total. The molecule has 0 fully saturated rings. The third kappa shape index (κ3) is 11.4. The predicted molar refractivity (Wildman–Crippen MR) is 34.3 cm³/mol. The Bertz CT molecular complexity index is 97.1. The zero-order valence-corrected chi connectivity index (χ0v) is 6.35. The van der Waals surface area contributed by atoms with Gasteiger partial charge < -0.3 is 4.74 Å². The van der Waals surface area contributed by atoms with Crippen LogP contribution in [-0.2, 0) is 4.74 Å². The molecule has 0 aromatic heterocycles. The van der Waals surface area contributed by atoms with Gasteiger partial charge in [-0.2, -0.15) is 6.08 Å². The van der Waals surface area contributed by atoms with Crippen LogP contribution in [0.25, 0.3) is 0 Å². The van der Waals surface area contributed by atoms with Crippen molar-refractivity contribution in [3.05, 3.63) is 24.5 Å². The zero-order valence-electron chi connectivity index (χ0n) is 6.35. The molecule has 0 aliphatic heterocycles. The number of hydrogen-bond donors (Lipinski definition) is 0. The maximum atomic E-state index is 5.28. The summed E-state index contributed by atoms with van der Waals surface area (Å²) in [6, 6.07) is 0. The van der Waals surface area contributed by atoms with Crippen LogP contribution in [0.15, 0.2) is 17.9 Å². The Kier molecular flexibility index (Phi) is 10.2. The quantitative estimate of drug-likeness (QED) is 0.198. The fourth-order valence-corrected chi connectivity index (χ4v) is 0.252. The molecule has 0 bridgehead atoms. The molecule has 0 saturated carbocycles. The molecule has 0 spiro atoms. The van der Waals surface area contributed by atoms with Crippen LogP contribution in [0, 0.1) is 6.58 Å². The SMILES string of the molecule is [CH-]=C(C)/C=C/OCC.[Li+]. The van der Waals surface area contributed by atoms with Crippen molar-refractivity contribution >= 4 is 0 Å². The minimum atomic E-state index is 0. The summed E-state index contributed by atoms with van der Waals surface area (Å²) in [5.74, 6) is 0. The van der Waals surface area contributed by atoms with Gasteiger partial charge in [-0.25, -0.2) is 5.57 Å². The van der Waals surface area contributed by atoms with Crippen molar-refractivity contribution < 1.29 is 23.6 Å². The van der Waals surface area contributed by atoms with E-state index < -0.39 is 0 Å². The summed E-state index contributed by atoms with van der Waals surface area (Å²) < 4.78 is 4.86. The van der Waals surface area contributed by atoms with Crippen LogP contribution in [0.1, 0.15) is 13.8 Å². The van der Waals surface area contributed by atoms with E-state index in [0.29, 0.717) is 6.61 Å². The van der Waals surface area contributed by atoms with Gasteiger partial charge in [0.25, 0.3) is 0 Å². The van der Waals surface area contributed by atoms with Crippen LogP contribution in [-0.4, -0.2) is 6.61 Å². The number of allylic oxidation sites excluding steroid dienone is 2. The Balaban J connectivity index is 0. The van der Waals surface area contributed by atoms with E-state index in [1.54, 1.807) is 12.3 Å². The first-order chi connectivity index (χ1) is 3.77. The minimum Gasteiger partial charge on any atom is -0.520 e. The van der Waals surface area contributed by atoms with E-state index in [1.165, 1.54) is 0 Å². The molecule has 46 valence electrons. The van der Waals surface area contributed by atoms with Crippen LogP contribution in [0.4, 0.5) is 0 Å². The smallest absolute Gasteiger partial charge is 0.520 e. The summed E-state index contributed by atoms with van der Waals surface area (Å²) in [5.41, 5.74) is 0.762. The molecule has 0 radical (unpaired) electrons. The molecular formula is C7H11LiO. The molecule has 9 heavy (non-hydrogen) atoms. The molecule has 0 aliphatic carbocycles. The van der Waals surface area contributed by atoms with Crippen molar-refractivity contribution in [3.63, 3.8) is 0 Å². The van der Waals surface area contributed by atoms with Crippen molar-refractivity contribution in [1.82, 2.24) is 0 Å². The van der Waals surface area contributed by atoms with Gasteiger partial charge in [-0.15, -0.1) is 0 Å². The van der Waals surface area contributed by atoms with E-state index in [0.717, 1.165) is 5.57 Å². The van der Waals surface area contributed by atoms with Gasteiger partial charge in [-0.3, -0.25) is 6.58 Å². The summed E-state index contributed by atoms with van der Waals surface area (Å²) in [6.07, 6.45) is 3.32. The van der Waals surface area contributed by atoms with E-state index in [4.69, 9.17) is 11.3 Å². The average molecular weight is 118 g/mol. The fraction of sp³-hybridized carbons (Fsp3) is 0.429. The molecule has 0 aromatic rings. The Hall–Kier alpha value is -0.123. The summed E-state index contributed by atoms with van der Waals surface area (Å²) in [4.78, 5) is 0. The van der Waals surface area contributed by atoms with Gasteiger partial charge in [0, 0.05) is 6.26 Å². The normalized spacial score (nSPS) is 8.67. The van der Waals surface area contributed by atoms with E-state index >= 15 is 0 Å². The predicted octanol–water partition coefficient (Wildman–Crippen LogP) is -1.08. The Morgan fingerprint density at radius 2 is 2.22 bits per heavy atom. The van der Waals surface area contributed by atoms with E-state index in [-0.39, 0.29) is 18.9 Å². The molecule has 0 amide bonds. The van der Waals surface area contributed by atoms with Gasteiger partial charge in [0.15, 0.2) is 0 Å². The molecule has 0 unspecified atom stereocenters. The van der Waals surface area contributed by atoms with Crippen LogP contribution in [0.3, 0.4) is 0 Å². The van der Waals surface area contributed by atoms with E-state index in [1.807, 2.05) is 13.8 Å². The molecule has 0 atom stereocenters. The molecule has 0 saturated heterocycles. The number of rotatable bonds is 3. The Morgan fingerprint density at radius 3 is 2.56 bits per heavy atom. The number of hydrogen-bond acceptors (Lipinski definition) is 1. The third-order valence-electron chi connectivity index (χ3n) is 0.594. The van der Waals surface area contributed by atoms with Crippen molar-refractivity contribution in [2.75, 3.05) is 6.61 Å². The van der Waals surface area contributed by atoms with Crippen molar-refractivity contribution in [3.8, 4) is 0 Å². The monoisotopic (exact) mass is 118 g/mol. The second-order valence-electron chi connectivity index (χ2n) is 1.50. The zero-order chi connectivity index (χ0) is 6.41. The van der Waals surface area contributed by atoms with Gasteiger partial charge in [-0.05, 0) is 6.92 Å². The summed E-state index contributed by atoms with van der Waals surface area (Å²) in [6.45, 7) is 9.72. The van der Waals surface area contributed by atoms with Crippen LogP contribution in [0.5, 0.6) is 0 Å². The number of ether oxygens (including phenoxy) is 1. The Morgan fingerprint density at radius 1 is 1.67 bits per heavy atom. The second-order valence-corrected chi connectivity index (χ2v) is 1.50. The van der Waals surface area contributed by atoms with Crippen LogP contribution in [0.2, 0.25) is 0 Å². The third-order valence-corrected chi connectivity index (χ3v) is 0.594. The minimum absolute atomic E-state index is 0. The maximum Gasteiger partial charge on any atom is 1.00 e. The van der Waals surface area contributed by atoms with Gasteiger partial charge in [0.2, 0.25) is 0 Å². The Labute approximate surface area is 69.0 Å². The molecule has 0 rings (SSSR count). The first kappa shape index (κ1) is 11.6. The molecule has 0 aliphatic rings. The molecular weight excluding hydrogens is 107 g/mol. The average Bonchev–Trinajstić information content (AvgIpc) is 1.66. The molecule has 1 nitrogen and oxygen atoms in total. The first-order valence-corrected chi connectivity index (χ1v) is 2.64. The first-order valence-electron chi connectivity index (χ1n) is 2.64. The second kappa shape index (κ2) is 7.88. The molecule has 0 aromatic carbocycles. The molecule has 0 heterocycles. The standard InChI is InChI=1S/C7H11O.Li/c1-4-8-6-5-7(2)3;/h2,5-6H,4H2,1,3H3;/q-1;+1/b6-5+;. The van der Waals surface area contributed by atoms with Crippen molar-refractivity contribution in [2.24, 2.45) is 0 Å². The maximum absolute atomic E-state index is 5.28. The van der Waals surface area contributed by atoms with Gasteiger partial charge in [-0.1, -0.05) is 6.92 Å². The van der Waals surface area contributed by atoms with Gasteiger partial charge in [0.1, 0.15) is 0 Å². The topological polar surface area (TPSA) is 9.23 Å². The van der Waals surface area contributed by atoms with E-state index in [2.05, 4.69) is 0 Å². The van der Waals surface area contributed by atoms with Crippen molar-refractivity contribution in [2.45, 2.75) is 13.8 Å².